The maximum Gasteiger partial charge on any atom is 0.191 e. The van der Waals surface area contributed by atoms with E-state index in [1.54, 1.807) is 0 Å². The lowest BCUT2D eigenvalue weighted by molar-refractivity contribution is 0.481. The van der Waals surface area contributed by atoms with E-state index in [-0.39, 0.29) is 0 Å². The summed E-state index contributed by atoms with van der Waals surface area (Å²) in [6.45, 7) is 12.6. The Hall–Kier alpha value is -1.36. The smallest absolute Gasteiger partial charge is 0.191 e. The molecule has 0 amide bonds. The number of aliphatic imine (C=N–C) groups is 1. The van der Waals surface area contributed by atoms with Gasteiger partial charge in [0.1, 0.15) is 0 Å². The van der Waals surface area contributed by atoms with Gasteiger partial charge >= 0.3 is 0 Å². The molecule has 1 unspecified atom stereocenters. The van der Waals surface area contributed by atoms with Gasteiger partial charge in [0, 0.05) is 42.9 Å². The molecule has 1 atom stereocenters. The summed E-state index contributed by atoms with van der Waals surface area (Å²) in [6, 6.07) is 9.28. The summed E-state index contributed by atoms with van der Waals surface area (Å²) in [5, 5.41) is 6.81. The summed E-state index contributed by atoms with van der Waals surface area (Å²) < 4.78 is 0. The van der Waals surface area contributed by atoms with Gasteiger partial charge in [-0.1, -0.05) is 26.0 Å². The highest BCUT2D eigenvalue weighted by atomic mass is 32.2. The van der Waals surface area contributed by atoms with Crippen molar-refractivity contribution in [3.63, 3.8) is 0 Å². The van der Waals surface area contributed by atoms with E-state index in [1.807, 2.05) is 11.8 Å². The van der Waals surface area contributed by atoms with E-state index in [9.17, 15) is 0 Å². The van der Waals surface area contributed by atoms with Crippen LogP contribution in [-0.2, 0) is 6.54 Å². The second kappa shape index (κ2) is 9.82. The lowest BCUT2D eigenvalue weighted by atomic mass is 10.1. The van der Waals surface area contributed by atoms with E-state index >= 15 is 0 Å². The second-order valence-corrected chi connectivity index (χ2v) is 7.86. The van der Waals surface area contributed by atoms with Crippen molar-refractivity contribution in [1.82, 2.24) is 10.6 Å². The molecule has 1 aromatic carbocycles. The molecule has 5 heteroatoms. The number of anilines is 1. The fraction of sp³-hybridized carbons (Fsp3) is 0.632. The monoisotopic (exact) mass is 348 g/mol. The molecular formula is C19H32N4S. The number of nitrogens with one attached hydrogen (secondary N) is 2. The summed E-state index contributed by atoms with van der Waals surface area (Å²) in [4.78, 5) is 7.20. The van der Waals surface area contributed by atoms with Gasteiger partial charge in [-0.05, 0) is 37.5 Å². The Morgan fingerprint density at radius 3 is 2.42 bits per heavy atom. The molecule has 0 spiro atoms. The third-order valence-electron chi connectivity index (χ3n) is 4.44. The molecule has 0 bridgehead atoms. The number of hydrogen-bond donors (Lipinski definition) is 2. The minimum atomic E-state index is 0.405. The van der Waals surface area contributed by atoms with Crippen LogP contribution in [-0.4, -0.2) is 43.1 Å². The number of benzene rings is 1. The average molecular weight is 349 g/mol. The topological polar surface area (TPSA) is 39.7 Å². The molecule has 1 aliphatic heterocycles. The molecule has 2 rings (SSSR count). The van der Waals surface area contributed by atoms with Crippen LogP contribution in [0, 0.1) is 5.92 Å². The average Bonchev–Trinajstić information content (AvgIpc) is 2.61. The van der Waals surface area contributed by atoms with E-state index < -0.39 is 0 Å². The minimum absolute atomic E-state index is 0.405. The van der Waals surface area contributed by atoms with E-state index in [2.05, 4.69) is 67.5 Å². The zero-order chi connectivity index (χ0) is 17.4. The van der Waals surface area contributed by atoms with Gasteiger partial charge in [-0.2, -0.15) is 11.8 Å². The Labute approximate surface area is 151 Å². The van der Waals surface area contributed by atoms with Crippen LogP contribution in [0.25, 0.3) is 0 Å². The van der Waals surface area contributed by atoms with Crippen LogP contribution in [0.3, 0.4) is 0 Å². The summed E-state index contributed by atoms with van der Waals surface area (Å²) in [5.74, 6) is 3.95. The Balaban J connectivity index is 1.95. The van der Waals surface area contributed by atoms with Gasteiger partial charge < -0.3 is 15.5 Å². The molecule has 0 aromatic heterocycles. The van der Waals surface area contributed by atoms with Crippen molar-refractivity contribution in [1.29, 1.82) is 0 Å². The first-order chi connectivity index (χ1) is 11.6. The van der Waals surface area contributed by atoms with Crippen molar-refractivity contribution in [2.75, 3.05) is 36.0 Å². The van der Waals surface area contributed by atoms with Gasteiger partial charge in [0.25, 0.3) is 0 Å². The number of rotatable bonds is 6. The Morgan fingerprint density at radius 2 is 1.83 bits per heavy atom. The van der Waals surface area contributed by atoms with Crippen LogP contribution in [0.1, 0.15) is 33.3 Å². The zero-order valence-electron chi connectivity index (χ0n) is 15.5. The maximum absolute atomic E-state index is 4.73. The molecule has 134 valence electrons. The third-order valence-corrected chi connectivity index (χ3v) is 5.38. The summed E-state index contributed by atoms with van der Waals surface area (Å²) in [5.41, 5.74) is 2.58. The molecule has 2 N–H and O–H groups in total. The van der Waals surface area contributed by atoms with Crippen molar-refractivity contribution in [2.24, 2.45) is 10.9 Å². The van der Waals surface area contributed by atoms with Crippen LogP contribution in [0.5, 0.6) is 0 Å². The van der Waals surface area contributed by atoms with E-state index in [1.165, 1.54) is 22.8 Å². The molecule has 1 fully saturated rings. The van der Waals surface area contributed by atoms with Crippen LogP contribution < -0.4 is 15.5 Å². The van der Waals surface area contributed by atoms with Crippen molar-refractivity contribution in [3.8, 4) is 0 Å². The molecule has 0 radical (unpaired) electrons. The second-order valence-electron chi connectivity index (χ2n) is 6.64. The Morgan fingerprint density at radius 1 is 1.17 bits per heavy atom. The highest BCUT2D eigenvalue weighted by Gasteiger charge is 2.11. The fourth-order valence-corrected chi connectivity index (χ4v) is 3.41. The van der Waals surface area contributed by atoms with Crippen LogP contribution >= 0.6 is 11.8 Å². The van der Waals surface area contributed by atoms with Gasteiger partial charge in [0.05, 0.1) is 6.54 Å². The first-order valence-corrected chi connectivity index (χ1v) is 10.2. The van der Waals surface area contributed by atoms with Crippen molar-refractivity contribution >= 4 is 23.4 Å². The van der Waals surface area contributed by atoms with Gasteiger partial charge in [-0.15, -0.1) is 0 Å². The van der Waals surface area contributed by atoms with Gasteiger partial charge in [-0.25, -0.2) is 4.99 Å². The van der Waals surface area contributed by atoms with Gasteiger partial charge in [0.2, 0.25) is 0 Å². The fourth-order valence-electron chi connectivity index (χ4n) is 2.51. The van der Waals surface area contributed by atoms with Crippen molar-refractivity contribution < 1.29 is 0 Å². The minimum Gasteiger partial charge on any atom is -0.370 e. The summed E-state index contributed by atoms with van der Waals surface area (Å²) >= 11 is 2.05. The molecule has 0 saturated carbocycles. The maximum atomic E-state index is 4.73. The normalized spacial score (nSPS) is 17.0. The van der Waals surface area contributed by atoms with Crippen molar-refractivity contribution in [3.05, 3.63) is 29.8 Å². The van der Waals surface area contributed by atoms with Crippen LogP contribution in [0.4, 0.5) is 5.69 Å². The SMILES string of the molecule is CCNC(=NCc1ccc(N2CCSCC2)cc1)NC(C)C(C)C. The van der Waals surface area contributed by atoms with Gasteiger partial charge in [0.15, 0.2) is 5.96 Å². The molecule has 0 aliphatic carbocycles. The quantitative estimate of drug-likeness (QED) is 0.611. The molecular weight excluding hydrogens is 316 g/mol. The summed E-state index contributed by atoms with van der Waals surface area (Å²) in [7, 11) is 0. The number of thioether (sulfide) groups is 1. The number of hydrogen-bond acceptors (Lipinski definition) is 3. The highest BCUT2D eigenvalue weighted by Crippen LogP contribution is 2.20. The van der Waals surface area contributed by atoms with Crippen LogP contribution in [0.15, 0.2) is 29.3 Å². The van der Waals surface area contributed by atoms with Gasteiger partial charge in [-0.3, -0.25) is 0 Å². The predicted octanol–water partition coefficient (Wildman–Crippen LogP) is 3.34. The molecule has 1 saturated heterocycles. The Bertz CT molecular complexity index is 507. The van der Waals surface area contributed by atoms with Crippen LogP contribution in [0.2, 0.25) is 0 Å². The molecule has 24 heavy (non-hydrogen) atoms. The predicted molar refractivity (Wildman–Crippen MR) is 108 cm³/mol. The van der Waals surface area contributed by atoms with Crippen molar-refractivity contribution in [2.45, 2.75) is 40.3 Å². The lowest BCUT2D eigenvalue weighted by Gasteiger charge is -2.28. The largest absolute Gasteiger partial charge is 0.370 e. The molecule has 4 nitrogen and oxygen atoms in total. The van der Waals surface area contributed by atoms with E-state index in [4.69, 9.17) is 4.99 Å². The highest BCUT2D eigenvalue weighted by molar-refractivity contribution is 7.99. The molecule has 1 aromatic rings. The Kier molecular flexibility index (Phi) is 7.76. The zero-order valence-corrected chi connectivity index (χ0v) is 16.3. The lowest BCUT2D eigenvalue weighted by Crippen LogP contribution is -2.44. The molecule has 1 heterocycles. The first-order valence-electron chi connectivity index (χ1n) is 9.06. The number of nitrogens with zero attached hydrogens (tertiary/aromatic N) is 2. The number of guanidine groups is 1. The van der Waals surface area contributed by atoms with E-state index in [0.717, 1.165) is 25.6 Å². The third kappa shape index (κ3) is 5.93. The standard InChI is InChI=1S/C19H32N4S/c1-5-20-19(22-16(4)15(2)3)21-14-17-6-8-18(9-7-17)23-10-12-24-13-11-23/h6-9,15-16H,5,10-14H2,1-4H3,(H2,20,21,22). The first kappa shape index (κ1) is 19.0. The molecule has 1 aliphatic rings. The van der Waals surface area contributed by atoms with E-state index in [0.29, 0.717) is 18.5 Å². The summed E-state index contributed by atoms with van der Waals surface area (Å²) in [6.07, 6.45) is 0.